The average molecular weight is 221 g/mol. The molecule has 0 heterocycles. The molecule has 1 aromatic carbocycles. The highest BCUT2D eigenvalue weighted by Crippen LogP contribution is 2.28. The quantitative estimate of drug-likeness (QED) is 0.799. The van der Waals surface area contributed by atoms with Gasteiger partial charge in [0.1, 0.15) is 0 Å². The predicted molar refractivity (Wildman–Crippen MR) is 64.0 cm³/mol. The van der Waals surface area contributed by atoms with Gasteiger partial charge in [-0.15, -0.1) is 0 Å². The molecular weight excluding hydrogens is 202 g/mol. The summed E-state index contributed by atoms with van der Waals surface area (Å²) in [6, 6.07) is 6.84. The van der Waals surface area contributed by atoms with Crippen LogP contribution in [0.4, 0.5) is 0 Å². The van der Waals surface area contributed by atoms with Crippen LogP contribution in [0, 0.1) is 0 Å². The third-order valence-electron chi connectivity index (χ3n) is 2.70. The van der Waals surface area contributed by atoms with E-state index in [4.69, 9.17) is 9.47 Å². The van der Waals surface area contributed by atoms with Gasteiger partial charge in [0.2, 0.25) is 0 Å². The molecule has 1 aliphatic rings. The second-order valence-corrected chi connectivity index (χ2v) is 4.07. The van der Waals surface area contributed by atoms with Gasteiger partial charge in [0.15, 0.2) is 11.5 Å². The lowest BCUT2D eigenvalue weighted by molar-refractivity contribution is 0.310. The van der Waals surface area contributed by atoms with Crippen molar-refractivity contribution in [1.82, 2.24) is 5.32 Å². The maximum absolute atomic E-state index is 5.48. The largest absolute Gasteiger partial charge is 0.493 e. The zero-order chi connectivity index (χ0) is 11.4. The summed E-state index contributed by atoms with van der Waals surface area (Å²) >= 11 is 0. The molecule has 0 radical (unpaired) electrons. The summed E-state index contributed by atoms with van der Waals surface area (Å²) in [5.74, 6) is 1.64. The van der Waals surface area contributed by atoms with Crippen molar-refractivity contribution < 1.29 is 9.47 Å². The molecule has 2 rings (SSSR count). The average Bonchev–Trinajstić information content (AvgIpc) is 3.12. The lowest BCUT2D eigenvalue weighted by Gasteiger charge is -2.11. The summed E-state index contributed by atoms with van der Waals surface area (Å²) in [4.78, 5) is 0. The van der Waals surface area contributed by atoms with E-state index in [-0.39, 0.29) is 0 Å². The standard InChI is InChI=1S/C13H19NO2/c1-3-16-12-7-4-10(8-13(12)15-2)9-14-11-5-6-11/h4,7-8,11,14H,3,5-6,9H2,1-2H3. The smallest absolute Gasteiger partial charge is 0.161 e. The highest BCUT2D eigenvalue weighted by molar-refractivity contribution is 5.42. The molecule has 1 N–H and O–H groups in total. The van der Waals surface area contributed by atoms with E-state index in [1.54, 1.807) is 7.11 Å². The molecule has 0 unspecified atom stereocenters. The molecule has 1 fully saturated rings. The Hall–Kier alpha value is -1.22. The number of nitrogens with one attached hydrogen (secondary N) is 1. The number of benzene rings is 1. The van der Waals surface area contributed by atoms with Crippen LogP contribution < -0.4 is 14.8 Å². The Morgan fingerprint density at radius 3 is 2.75 bits per heavy atom. The van der Waals surface area contributed by atoms with Gasteiger partial charge in [-0.3, -0.25) is 0 Å². The van der Waals surface area contributed by atoms with Gasteiger partial charge >= 0.3 is 0 Å². The van der Waals surface area contributed by atoms with Crippen molar-refractivity contribution in [2.45, 2.75) is 32.4 Å². The van der Waals surface area contributed by atoms with Crippen LogP contribution in [0.3, 0.4) is 0 Å². The SMILES string of the molecule is CCOc1ccc(CNC2CC2)cc1OC. The number of hydrogen-bond acceptors (Lipinski definition) is 3. The Balaban J connectivity index is 2.02. The van der Waals surface area contributed by atoms with E-state index >= 15 is 0 Å². The Morgan fingerprint density at radius 1 is 1.31 bits per heavy atom. The molecule has 3 heteroatoms. The first-order valence-corrected chi connectivity index (χ1v) is 5.86. The van der Waals surface area contributed by atoms with Crippen LogP contribution >= 0.6 is 0 Å². The highest BCUT2D eigenvalue weighted by Gasteiger charge is 2.20. The first kappa shape index (κ1) is 11.3. The summed E-state index contributed by atoms with van der Waals surface area (Å²) in [7, 11) is 1.68. The van der Waals surface area contributed by atoms with E-state index in [2.05, 4.69) is 11.4 Å². The van der Waals surface area contributed by atoms with Crippen LogP contribution in [0.1, 0.15) is 25.3 Å². The molecular formula is C13H19NO2. The number of rotatable bonds is 6. The lowest BCUT2D eigenvalue weighted by Crippen LogP contribution is -2.15. The van der Waals surface area contributed by atoms with Gasteiger partial charge in [0, 0.05) is 12.6 Å². The lowest BCUT2D eigenvalue weighted by atomic mass is 10.2. The van der Waals surface area contributed by atoms with Crippen molar-refractivity contribution in [3.05, 3.63) is 23.8 Å². The molecule has 3 nitrogen and oxygen atoms in total. The Kier molecular flexibility index (Phi) is 3.67. The molecule has 0 bridgehead atoms. The summed E-state index contributed by atoms with van der Waals surface area (Å²) in [6.45, 7) is 3.55. The Labute approximate surface area is 96.8 Å². The molecule has 88 valence electrons. The second kappa shape index (κ2) is 5.21. The van der Waals surface area contributed by atoms with E-state index in [9.17, 15) is 0 Å². The van der Waals surface area contributed by atoms with Gasteiger partial charge in [-0.1, -0.05) is 6.07 Å². The van der Waals surface area contributed by atoms with Gasteiger partial charge < -0.3 is 14.8 Å². The summed E-state index contributed by atoms with van der Waals surface area (Å²) in [5, 5.41) is 3.48. The molecule has 0 aliphatic heterocycles. The van der Waals surface area contributed by atoms with Gasteiger partial charge in [-0.05, 0) is 37.5 Å². The minimum atomic E-state index is 0.663. The van der Waals surface area contributed by atoms with Gasteiger partial charge in [0.25, 0.3) is 0 Å². The van der Waals surface area contributed by atoms with E-state index in [0.717, 1.165) is 24.1 Å². The Morgan fingerprint density at radius 2 is 2.12 bits per heavy atom. The van der Waals surface area contributed by atoms with E-state index in [1.807, 2.05) is 19.1 Å². The number of hydrogen-bond donors (Lipinski definition) is 1. The van der Waals surface area contributed by atoms with Crippen molar-refractivity contribution in [3.8, 4) is 11.5 Å². The zero-order valence-corrected chi connectivity index (χ0v) is 9.95. The Bertz CT molecular complexity index is 348. The van der Waals surface area contributed by atoms with Crippen molar-refractivity contribution >= 4 is 0 Å². The molecule has 1 saturated carbocycles. The van der Waals surface area contributed by atoms with Crippen molar-refractivity contribution in [2.75, 3.05) is 13.7 Å². The molecule has 0 aromatic heterocycles. The molecule has 0 saturated heterocycles. The minimum Gasteiger partial charge on any atom is -0.493 e. The fourth-order valence-corrected chi connectivity index (χ4v) is 1.65. The van der Waals surface area contributed by atoms with E-state index in [1.165, 1.54) is 18.4 Å². The molecule has 16 heavy (non-hydrogen) atoms. The van der Waals surface area contributed by atoms with E-state index in [0.29, 0.717) is 6.61 Å². The number of methoxy groups -OCH3 is 1. The third-order valence-corrected chi connectivity index (χ3v) is 2.70. The summed E-state index contributed by atoms with van der Waals surface area (Å²) in [6.07, 6.45) is 2.63. The fraction of sp³-hybridized carbons (Fsp3) is 0.538. The first-order valence-electron chi connectivity index (χ1n) is 5.86. The van der Waals surface area contributed by atoms with Crippen LogP contribution in [0.2, 0.25) is 0 Å². The van der Waals surface area contributed by atoms with E-state index < -0.39 is 0 Å². The summed E-state index contributed by atoms with van der Waals surface area (Å²) < 4.78 is 10.8. The normalized spacial score (nSPS) is 14.9. The van der Waals surface area contributed by atoms with Gasteiger partial charge in [-0.2, -0.15) is 0 Å². The molecule has 0 spiro atoms. The highest BCUT2D eigenvalue weighted by atomic mass is 16.5. The first-order chi connectivity index (χ1) is 7.83. The van der Waals surface area contributed by atoms with Crippen LogP contribution in [-0.4, -0.2) is 19.8 Å². The third kappa shape index (κ3) is 2.89. The zero-order valence-electron chi connectivity index (χ0n) is 9.95. The second-order valence-electron chi connectivity index (χ2n) is 4.07. The maximum Gasteiger partial charge on any atom is 0.161 e. The van der Waals surface area contributed by atoms with Crippen LogP contribution in [0.5, 0.6) is 11.5 Å². The van der Waals surface area contributed by atoms with Crippen molar-refractivity contribution in [2.24, 2.45) is 0 Å². The molecule has 0 atom stereocenters. The topological polar surface area (TPSA) is 30.5 Å². The van der Waals surface area contributed by atoms with Crippen LogP contribution in [0.15, 0.2) is 18.2 Å². The minimum absolute atomic E-state index is 0.663. The van der Waals surface area contributed by atoms with Gasteiger partial charge in [0.05, 0.1) is 13.7 Å². The van der Waals surface area contributed by atoms with Crippen molar-refractivity contribution in [3.63, 3.8) is 0 Å². The molecule has 1 aliphatic carbocycles. The monoisotopic (exact) mass is 221 g/mol. The van der Waals surface area contributed by atoms with Crippen LogP contribution in [-0.2, 0) is 6.54 Å². The van der Waals surface area contributed by atoms with Crippen molar-refractivity contribution in [1.29, 1.82) is 0 Å². The van der Waals surface area contributed by atoms with Gasteiger partial charge in [-0.25, -0.2) is 0 Å². The fourth-order valence-electron chi connectivity index (χ4n) is 1.65. The number of ether oxygens (including phenoxy) is 2. The molecule has 0 amide bonds. The maximum atomic E-state index is 5.48. The predicted octanol–water partition coefficient (Wildman–Crippen LogP) is 2.35. The molecule has 1 aromatic rings. The summed E-state index contributed by atoms with van der Waals surface area (Å²) in [5.41, 5.74) is 1.24. The van der Waals surface area contributed by atoms with Crippen LogP contribution in [0.25, 0.3) is 0 Å².